The minimum atomic E-state index is -1.26. The van der Waals surface area contributed by atoms with Gasteiger partial charge in [0.2, 0.25) is 17.7 Å². The number of nitrogens with zero attached hydrogens (tertiary/aromatic N) is 2. The Balaban J connectivity index is 1.73. The van der Waals surface area contributed by atoms with Crippen molar-refractivity contribution in [3.8, 4) is 0 Å². The van der Waals surface area contributed by atoms with Gasteiger partial charge in [0.1, 0.15) is 17.7 Å². The Bertz CT molecular complexity index is 1310. The van der Waals surface area contributed by atoms with Crippen LogP contribution in [0.1, 0.15) is 71.5 Å². The molecule has 2 bridgehead atoms. The minimum Gasteiger partial charge on any atom is -0.455 e. The van der Waals surface area contributed by atoms with Crippen LogP contribution < -0.4 is 5.32 Å². The van der Waals surface area contributed by atoms with Crippen LogP contribution in [0.4, 0.5) is 0 Å². The van der Waals surface area contributed by atoms with E-state index in [2.05, 4.69) is 18.5 Å². The molecule has 0 radical (unpaired) electrons. The molecule has 3 fully saturated rings. The minimum absolute atomic E-state index is 0.0640. The molecule has 0 unspecified atom stereocenters. The first-order valence-electron chi connectivity index (χ1n) is 16.6. The monoisotopic (exact) mass is 653 g/mol. The van der Waals surface area contributed by atoms with Gasteiger partial charge in [-0.25, -0.2) is 0 Å². The number of likely N-dealkylation sites (tertiary alicyclic amines) is 1. The smallest absolute Gasteiger partial charge is 0.313 e. The summed E-state index contributed by atoms with van der Waals surface area (Å²) in [5.74, 6) is -3.56. The third kappa shape index (κ3) is 7.03. The molecule has 11 heteroatoms. The first-order valence-corrected chi connectivity index (χ1v) is 16.6. The molecule has 0 aromatic heterocycles. The lowest BCUT2D eigenvalue weighted by atomic mass is 9.70. The van der Waals surface area contributed by atoms with Crippen molar-refractivity contribution in [2.75, 3.05) is 26.9 Å². The topological polar surface area (TPSA) is 135 Å². The van der Waals surface area contributed by atoms with Gasteiger partial charge in [-0.15, -0.1) is 13.2 Å². The summed E-state index contributed by atoms with van der Waals surface area (Å²) in [6, 6.07) is 6.68. The van der Waals surface area contributed by atoms with Crippen LogP contribution in [0.2, 0.25) is 0 Å². The summed E-state index contributed by atoms with van der Waals surface area (Å²) in [6.07, 6.45) is 3.71. The lowest BCUT2D eigenvalue weighted by molar-refractivity contribution is -0.163. The SMILES string of the molecule is C=CCCC(=O)N[C@@H](COC)[C@@H](OC(=O)[C@@H]1[C@H]2C(=O)N([C@@H](CC)CO)[C@H](C(=O)N(CC=C)C(C)(C)C)[C@]23CC[C@H]1O3)c1ccccc1. The normalized spacial score (nSPS) is 26.7. The Labute approximate surface area is 278 Å². The summed E-state index contributed by atoms with van der Waals surface area (Å²) in [4.78, 5) is 59.3. The summed E-state index contributed by atoms with van der Waals surface area (Å²) >= 11 is 0. The van der Waals surface area contributed by atoms with Crippen molar-refractivity contribution < 1.29 is 38.5 Å². The molecule has 3 heterocycles. The number of methoxy groups -OCH3 is 1. The molecule has 0 saturated carbocycles. The van der Waals surface area contributed by atoms with Gasteiger partial charge >= 0.3 is 5.97 Å². The number of ether oxygens (including phenoxy) is 3. The summed E-state index contributed by atoms with van der Waals surface area (Å²) < 4.78 is 18.3. The maximum absolute atomic E-state index is 14.5. The predicted molar refractivity (Wildman–Crippen MR) is 176 cm³/mol. The molecule has 258 valence electrons. The number of benzene rings is 1. The van der Waals surface area contributed by atoms with Crippen LogP contribution in [0, 0.1) is 11.8 Å². The fourth-order valence-electron chi connectivity index (χ4n) is 7.54. The first-order chi connectivity index (χ1) is 22.4. The van der Waals surface area contributed by atoms with Crippen LogP contribution in [0.5, 0.6) is 0 Å². The molecule has 3 aliphatic heterocycles. The number of fused-ring (bicyclic) bond motifs is 1. The Morgan fingerprint density at radius 2 is 1.91 bits per heavy atom. The van der Waals surface area contributed by atoms with Gasteiger partial charge in [-0.2, -0.15) is 0 Å². The van der Waals surface area contributed by atoms with Gasteiger partial charge in [0, 0.05) is 25.6 Å². The molecule has 11 nitrogen and oxygen atoms in total. The average molecular weight is 654 g/mol. The number of esters is 1. The van der Waals surface area contributed by atoms with Crippen molar-refractivity contribution in [3.05, 3.63) is 61.2 Å². The number of nitrogens with one attached hydrogen (secondary N) is 1. The Hall–Kier alpha value is -3.54. The Kier molecular flexibility index (Phi) is 11.7. The van der Waals surface area contributed by atoms with Gasteiger partial charge in [0.15, 0.2) is 0 Å². The van der Waals surface area contributed by atoms with Gasteiger partial charge in [0.05, 0.1) is 43.2 Å². The summed E-state index contributed by atoms with van der Waals surface area (Å²) in [5.41, 5.74) is -1.21. The maximum atomic E-state index is 14.5. The highest BCUT2D eigenvalue weighted by Crippen LogP contribution is 2.59. The molecule has 3 saturated heterocycles. The zero-order valence-electron chi connectivity index (χ0n) is 28.4. The fraction of sp³-hybridized carbons (Fsp3) is 0.611. The number of carbonyl (C=O) groups excluding carboxylic acids is 4. The van der Waals surface area contributed by atoms with Crippen molar-refractivity contribution in [1.29, 1.82) is 0 Å². The van der Waals surface area contributed by atoms with Crippen molar-refractivity contribution in [2.45, 2.75) is 101 Å². The molecule has 0 aliphatic carbocycles. The van der Waals surface area contributed by atoms with Gasteiger partial charge < -0.3 is 34.4 Å². The highest BCUT2D eigenvalue weighted by Gasteiger charge is 2.76. The van der Waals surface area contributed by atoms with Crippen molar-refractivity contribution in [3.63, 3.8) is 0 Å². The standard InChI is InChI=1S/C36H51N3O8/c1-8-11-17-27(41)37-25(22-45-7)30(23-15-13-12-14-16-23)46-34(44)28-26-18-19-36(47-26)29(28)32(42)39(24(10-3)21-40)31(36)33(43)38(20-9-2)35(4,5)6/h8-9,12-16,24-26,28-31,40H,1-2,10-11,17-22H2,3-7H3,(H,37,41)/t24-,25-,26+,28-,29-,30-,31+,36-/m0/s1. The van der Waals surface area contributed by atoms with E-state index in [-0.39, 0.29) is 38.0 Å². The molecule has 3 aliphatic rings. The molecule has 1 aromatic rings. The summed E-state index contributed by atoms with van der Waals surface area (Å²) in [6.45, 7) is 15.1. The van der Waals surface area contributed by atoms with E-state index in [0.29, 0.717) is 31.2 Å². The molecular formula is C36H51N3O8. The third-order valence-corrected chi connectivity index (χ3v) is 9.71. The van der Waals surface area contributed by atoms with Gasteiger partial charge in [-0.3, -0.25) is 19.2 Å². The summed E-state index contributed by atoms with van der Waals surface area (Å²) in [5, 5.41) is 13.3. The summed E-state index contributed by atoms with van der Waals surface area (Å²) in [7, 11) is 1.50. The second kappa shape index (κ2) is 15.1. The predicted octanol–water partition coefficient (Wildman–Crippen LogP) is 3.33. The molecule has 1 spiro atoms. The number of aliphatic hydroxyl groups excluding tert-OH is 1. The van der Waals surface area contributed by atoms with Crippen LogP contribution in [0.3, 0.4) is 0 Å². The Morgan fingerprint density at radius 1 is 1.21 bits per heavy atom. The van der Waals surface area contributed by atoms with E-state index in [1.165, 1.54) is 12.0 Å². The lowest BCUT2D eigenvalue weighted by Crippen LogP contribution is -2.61. The highest BCUT2D eigenvalue weighted by atomic mass is 16.6. The number of hydrogen-bond donors (Lipinski definition) is 2. The first kappa shape index (κ1) is 36.3. The lowest BCUT2D eigenvalue weighted by Gasteiger charge is -2.43. The fourth-order valence-corrected chi connectivity index (χ4v) is 7.54. The zero-order valence-corrected chi connectivity index (χ0v) is 28.4. The largest absolute Gasteiger partial charge is 0.455 e. The number of rotatable bonds is 16. The van der Waals surface area contributed by atoms with E-state index >= 15 is 0 Å². The van der Waals surface area contributed by atoms with Crippen LogP contribution >= 0.6 is 0 Å². The van der Waals surface area contributed by atoms with Gasteiger partial charge in [-0.1, -0.05) is 49.4 Å². The number of carbonyl (C=O) groups is 4. The number of allylic oxidation sites excluding steroid dienone is 1. The quantitative estimate of drug-likeness (QED) is 0.205. The second-order valence-electron chi connectivity index (χ2n) is 13.7. The van der Waals surface area contributed by atoms with Gasteiger partial charge in [-0.05, 0) is 52.0 Å². The van der Waals surface area contributed by atoms with E-state index < -0.39 is 65.2 Å². The van der Waals surface area contributed by atoms with E-state index in [9.17, 15) is 24.3 Å². The van der Waals surface area contributed by atoms with Crippen LogP contribution in [0.25, 0.3) is 0 Å². The van der Waals surface area contributed by atoms with Crippen molar-refractivity contribution >= 4 is 23.7 Å². The molecule has 4 rings (SSSR count). The second-order valence-corrected chi connectivity index (χ2v) is 13.7. The van der Waals surface area contributed by atoms with Crippen LogP contribution in [-0.4, -0.2) is 101 Å². The molecule has 3 amide bonds. The third-order valence-electron chi connectivity index (χ3n) is 9.71. The maximum Gasteiger partial charge on any atom is 0.313 e. The number of hydrogen-bond acceptors (Lipinski definition) is 8. The van der Waals surface area contributed by atoms with E-state index in [4.69, 9.17) is 14.2 Å². The highest BCUT2D eigenvalue weighted by molar-refractivity contribution is 5.98. The van der Waals surface area contributed by atoms with Crippen molar-refractivity contribution in [1.82, 2.24) is 15.1 Å². The molecular weight excluding hydrogens is 602 g/mol. The average Bonchev–Trinajstić information content (AvgIpc) is 3.69. The number of amides is 3. The van der Waals surface area contributed by atoms with E-state index in [0.717, 1.165) is 0 Å². The number of aliphatic hydroxyl groups is 1. The Morgan fingerprint density at radius 3 is 2.49 bits per heavy atom. The van der Waals surface area contributed by atoms with E-state index in [1.807, 2.05) is 45.9 Å². The van der Waals surface area contributed by atoms with Crippen LogP contribution in [-0.2, 0) is 33.4 Å². The zero-order chi connectivity index (χ0) is 34.5. The molecule has 47 heavy (non-hydrogen) atoms. The molecule has 8 atom stereocenters. The van der Waals surface area contributed by atoms with Gasteiger partial charge in [0.25, 0.3) is 0 Å². The molecule has 2 N–H and O–H groups in total. The van der Waals surface area contributed by atoms with Crippen molar-refractivity contribution in [2.24, 2.45) is 11.8 Å². The van der Waals surface area contributed by atoms with E-state index in [1.54, 1.807) is 29.2 Å². The van der Waals surface area contributed by atoms with Crippen LogP contribution in [0.15, 0.2) is 55.6 Å². The molecule has 1 aromatic carbocycles.